The number of aliphatic hydroxyl groups is 1. The van der Waals surface area contributed by atoms with Gasteiger partial charge in [0.05, 0.1) is 6.10 Å². The lowest BCUT2D eigenvalue weighted by Crippen LogP contribution is -1.98. The zero-order chi connectivity index (χ0) is 13.1. The number of aromatic nitrogens is 1. The van der Waals surface area contributed by atoms with Gasteiger partial charge in [0.1, 0.15) is 5.75 Å². The number of aliphatic hydroxyl groups excluding tert-OH is 1. The number of halogens is 1. The Labute approximate surface area is 115 Å². The summed E-state index contributed by atoms with van der Waals surface area (Å²) in [5.74, 6) is 1.14. The fourth-order valence-corrected chi connectivity index (χ4v) is 1.85. The summed E-state index contributed by atoms with van der Waals surface area (Å²) in [6.45, 7) is 3.68. The number of hydrogen-bond acceptors (Lipinski definition) is 3. The molecular weight excluding hydrogens is 294 g/mol. The lowest BCUT2D eigenvalue weighted by Gasteiger charge is -2.12. The van der Waals surface area contributed by atoms with Crippen molar-refractivity contribution in [1.29, 1.82) is 0 Å². The third-order valence-electron chi connectivity index (χ3n) is 2.59. The molecule has 0 unspecified atom stereocenters. The Bertz CT molecular complexity index is 555. The van der Waals surface area contributed by atoms with E-state index < -0.39 is 6.10 Å². The van der Waals surface area contributed by atoms with Crippen LogP contribution in [0.2, 0.25) is 0 Å². The summed E-state index contributed by atoms with van der Waals surface area (Å²) in [5, 5.41) is 9.65. The van der Waals surface area contributed by atoms with Gasteiger partial charge in [0.25, 0.3) is 0 Å². The van der Waals surface area contributed by atoms with Crippen LogP contribution in [0.5, 0.6) is 11.6 Å². The molecule has 1 aromatic heterocycles. The molecule has 0 radical (unpaired) electrons. The minimum atomic E-state index is -0.606. The van der Waals surface area contributed by atoms with Gasteiger partial charge in [-0.25, -0.2) is 4.98 Å². The first-order valence-corrected chi connectivity index (χ1v) is 6.44. The molecule has 2 rings (SSSR count). The Kier molecular flexibility index (Phi) is 3.99. The molecule has 1 N–H and O–H groups in total. The van der Waals surface area contributed by atoms with Crippen molar-refractivity contribution >= 4 is 15.9 Å². The summed E-state index contributed by atoms with van der Waals surface area (Å²) in [6.07, 6.45) is 1.04. The number of ether oxygens (including phenoxy) is 1. The number of rotatable bonds is 3. The van der Waals surface area contributed by atoms with Gasteiger partial charge >= 0.3 is 0 Å². The van der Waals surface area contributed by atoms with E-state index in [9.17, 15) is 5.11 Å². The standard InChI is InChI=1S/C14H14BrNO2/c1-9-8-11(5-6-13(9)15)18-14-12(10(2)17)4-3-7-16-14/h3-8,10,17H,1-2H3/t10-/m1/s1. The maximum absolute atomic E-state index is 9.65. The van der Waals surface area contributed by atoms with Crippen LogP contribution in [-0.2, 0) is 0 Å². The average Bonchev–Trinajstić information content (AvgIpc) is 2.34. The number of hydrogen-bond donors (Lipinski definition) is 1. The lowest BCUT2D eigenvalue weighted by molar-refractivity contribution is 0.194. The van der Waals surface area contributed by atoms with Crippen LogP contribution in [0.15, 0.2) is 41.0 Å². The van der Waals surface area contributed by atoms with Crippen molar-refractivity contribution in [2.45, 2.75) is 20.0 Å². The SMILES string of the molecule is Cc1cc(Oc2ncccc2[C@@H](C)O)ccc1Br. The van der Waals surface area contributed by atoms with Gasteiger partial charge in [-0.1, -0.05) is 15.9 Å². The smallest absolute Gasteiger partial charge is 0.225 e. The van der Waals surface area contributed by atoms with E-state index in [1.807, 2.05) is 25.1 Å². The van der Waals surface area contributed by atoms with Gasteiger partial charge in [0, 0.05) is 16.2 Å². The highest BCUT2D eigenvalue weighted by atomic mass is 79.9. The minimum Gasteiger partial charge on any atom is -0.439 e. The second-order valence-electron chi connectivity index (χ2n) is 4.09. The van der Waals surface area contributed by atoms with E-state index in [-0.39, 0.29) is 0 Å². The Balaban J connectivity index is 2.31. The lowest BCUT2D eigenvalue weighted by atomic mass is 10.2. The molecule has 1 aromatic carbocycles. The van der Waals surface area contributed by atoms with Crippen LogP contribution in [-0.4, -0.2) is 10.1 Å². The van der Waals surface area contributed by atoms with Crippen molar-refractivity contribution in [3.05, 3.63) is 52.1 Å². The van der Waals surface area contributed by atoms with Gasteiger partial charge in [0.15, 0.2) is 0 Å². The topological polar surface area (TPSA) is 42.4 Å². The van der Waals surface area contributed by atoms with Gasteiger partial charge in [-0.15, -0.1) is 0 Å². The highest BCUT2D eigenvalue weighted by Crippen LogP contribution is 2.29. The molecule has 0 saturated heterocycles. The first-order valence-electron chi connectivity index (χ1n) is 5.65. The highest BCUT2D eigenvalue weighted by Gasteiger charge is 2.11. The average molecular weight is 308 g/mol. The zero-order valence-corrected chi connectivity index (χ0v) is 11.8. The van der Waals surface area contributed by atoms with Crippen LogP contribution in [0.3, 0.4) is 0 Å². The first kappa shape index (κ1) is 13.1. The minimum absolute atomic E-state index is 0.439. The second kappa shape index (κ2) is 5.50. The number of pyridine rings is 1. The van der Waals surface area contributed by atoms with Crippen LogP contribution in [0.25, 0.3) is 0 Å². The van der Waals surface area contributed by atoms with Crippen LogP contribution in [0.1, 0.15) is 24.2 Å². The van der Waals surface area contributed by atoms with Crippen LogP contribution >= 0.6 is 15.9 Å². The van der Waals surface area contributed by atoms with E-state index in [1.54, 1.807) is 25.3 Å². The van der Waals surface area contributed by atoms with Crippen molar-refractivity contribution in [3.63, 3.8) is 0 Å². The molecule has 3 nitrogen and oxygen atoms in total. The number of aryl methyl sites for hydroxylation is 1. The van der Waals surface area contributed by atoms with Gasteiger partial charge in [0.2, 0.25) is 5.88 Å². The summed E-state index contributed by atoms with van der Waals surface area (Å²) in [4.78, 5) is 4.15. The molecule has 0 saturated carbocycles. The zero-order valence-electron chi connectivity index (χ0n) is 10.2. The van der Waals surface area contributed by atoms with E-state index in [2.05, 4.69) is 20.9 Å². The fourth-order valence-electron chi connectivity index (χ4n) is 1.60. The summed E-state index contributed by atoms with van der Waals surface area (Å²) in [7, 11) is 0. The van der Waals surface area contributed by atoms with Gasteiger partial charge in [-0.2, -0.15) is 0 Å². The molecule has 94 valence electrons. The maximum Gasteiger partial charge on any atom is 0.225 e. The normalized spacial score (nSPS) is 12.2. The third kappa shape index (κ3) is 2.89. The summed E-state index contributed by atoms with van der Waals surface area (Å²) < 4.78 is 6.75. The van der Waals surface area contributed by atoms with Crippen molar-refractivity contribution in [1.82, 2.24) is 4.98 Å². The van der Waals surface area contributed by atoms with E-state index in [1.165, 1.54) is 0 Å². The van der Waals surface area contributed by atoms with E-state index in [0.29, 0.717) is 17.2 Å². The molecule has 0 spiro atoms. The largest absolute Gasteiger partial charge is 0.439 e. The molecule has 2 aromatic rings. The molecule has 4 heteroatoms. The number of benzene rings is 1. The Morgan fingerprint density at radius 2 is 2.11 bits per heavy atom. The van der Waals surface area contributed by atoms with Crippen LogP contribution in [0, 0.1) is 6.92 Å². The van der Waals surface area contributed by atoms with Crippen LogP contribution in [0.4, 0.5) is 0 Å². The van der Waals surface area contributed by atoms with E-state index in [0.717, 1.165) is 10.0 Å². The molecule has 1 atom stereocenters. The van der Waals surface area contributed by atoms with Crippen molar-refractivity contribution in [2.24, 2.45) is 0 Å². The first-order chi connectivity index (χ1) is 8.58. The van der Waals surface area contributed by atoms with Gasteiger partial charge < -0.3 is 9.84 Å². The molecule has 0 aliphatic rings. The number of nitrogens with zero attached hydrogens (tertiary/aromatic N) is 1. The quantitative estimate of drug-likeness (QED) is 0.932. The second-order valence-corrected chi connectivity index (χ2v) is 4.94. The Morgan fingerprint density at radius 3 is 2.78 bits per heavy atom. The predicted octanol–water partition coefficient (Wildman–Crippen LogP) is 4.00. The molecule has 0 bridgehead atoms. The Hall–Kier alpha value is -1.39. The summed E-state index contributed by atoms with van der Waals surface area (Å²) in [5.41, 5.74) is 1.76. The van der Waals surface area contributed by atoms with Gasteiger partial charge in [-0.05, 0) is 49.7 Å². The molecule has 0 aliphatic carbocycles. The summed E-state index contributed by atoms with van der Waals surface area (Å²) >= 11 is 3.44. The highest BCUT2D eigenvalue weighted by molar-refractivity contribution is 9.10. The molecular formula is C14H14BrNO2. The van der Waals surface area contributed by atoms with E-state index >= 15 is 0 Å². The molecule has 0 aliphatic heterocycles. The van der Waals surface area contributed by atoms with Crippen molar-refractivity contribution in [2.75, 3.05) is 0 Å². The summed E-state index contributed by atoms with van der Waals surface area (Å²) in [6, 6.07) is 9.29. The van der Waals surface area contributed by atoms with Crippen molar-refractivity contribution < 1.29 is 9.84 Å². The molecule has 0 amide bonds. The van der Waals surface area contributed by atoms with Crippen molar-refractivity contribution in [3.8, 4) is 11.6 Å². The van der Waals surface area contributed by atoms with E-state index in [4.69, 9.17) is 4.74 Å². The van der Waals surface area contributed by atoms with Crippen LogP contribution < -0.4 is 4.74 Å². The molecule has 1 heterocycles. The third-order valence-corrected chi connectivity index (χ3v) is 3.48. The Morgan fingerprint density at radius 1 is 1.33 bits per heavy atom. The maximum atomic E-state index is 9.65. The molecule has 18 heavy (non-hydrogen) atoms. The predicted molar refractivity (Wildman–Crippen MR) is 73.8 cm³/mol. The van der Waals surface area contributed by atoms with Gasteiger partial charge in [-0.3, -0.25) is 0 Å². The fraction of sp³-hybridized carbons (Fsp3) is 0.214. The monoisotopic (exact) mass is 307 g/mol. The molecule has 0 fully saturated rings.